The number of hydrogen-bond acceptors (Lipinski definition) is 3. The van der Waals surface area contributed by atoms with E-state index >= 15 is 0 Å². The van der Waals surface area contributed by atoms with E-state index in [9.17, 15) is 13.2 Å². The lowest BCUT2D eigenvalue weighted by molar-refractivity contribution is -0.177. The minimum absolute atomic E-state index is 0.243. The predicted octanol–water partition coefficient (Wildman–Crippen LogP) is 3.93. The van der Waals surface area contributed by atoms with Crippen molar-refractivity contribution in [3.05, 3.63) is 20.6 Å². The van der Waals surface area contributed by atoms with Crippen LogP contribution in [0.4, 0.5) is 13.2 Å². The van der Waals surface area contributed by atoms with E-state index in [2.05, 4.69) is 30.6 Å². The molecule has 8 heteroatoms. The molecule has 0 unspecified atom stereocenters. The Morgan fingerprint density at radius 1 is 1.44 bits per heavy atom. The molecular weight excluding hydrogens is 333 g/mol. The minimum Gasteiger partial charge on any atom is -0.364 e. The number of hydrogen-bond donors (Lipinski definition) is 1. The predicted molar refractivity (Wildman–Crippen MR) is 66.8 cm³/mol. The average molecular weight is 345 g/mol. The van der Waals surface area contributed by atoms with Crippen molar-refractivity contribution in [2.45, 2.75) is 32.5 Å². The van der Waals surface area contributed by atoms with Crippen molar-refractivity contribution < 1.29 is 17.9 Å². The summed E-state index contributed by atoms with van der Waals surface area (Å²) in [5.74, 6) is 0.302. The van der Waals surface area contributed by atoms with E-state index in [1.54, 1.807) is 0 Å². The van der Waals surface area contributed by atoms with Crippen LogP contribution in [0.2, 0.25) is 0 Å². The Morgan fingerprint density at radius 2 is 2.11 bits per heavy atom. The van der Waals surface area contributed by atoms with Crippen molar-refractivity contribution in [1.29, 1.82) is 0 Å². The maximum absolute atomic E-state index is 11.9. The smallest absolute Gasteiger partial charge is 0.364 e. The van der Waals surface area contributed by atoms with Gasteiger partial charge in [0.2, 0.25) is 0 Å². The lowest BCUT2D eigenvalue weighted by Crippen LogP contribution is -2.17. The highest BCUT2D eigenvalue weighted by molar-refractivity contribution is 9.10. The maximum Gasteiger partial charge on any atom is 0.411 e. The van der Waals surface area contributed by atoms with Crippen LogP contribution in [0.3, 0.4) is 0 Å². The largest absolute Gasteiger partial charge is 0.411 e. The van der Waals surface area contributed by atoms with Gasteiger partial charge in [-0.25, -0.2) is 4.98 Å². The molecule has 1 aromatic rings. The highest BCUT2D eigenvalue weighted by Crippen LogP contribution is 2.18. The molecular formula is C10H12BrF3N2OS. The van der Waals surface area contributed by atoms with Gasteiger partial charge in [-0.2, -0.15) is 13.2 Å². The molecule has 102 valence electrons. The number of alkyl halides is 3. The van der Waals surface area contributed by atoms with Gasteiger partial charge >= 0.3 is 6.18 Å². The third-order valence-corrected chi connectivity index (χ3v) is 3.40. The Labute approximate surface area is 116 Å². The SMILES string of the molecule is CCCc1[nH]c(COCC(F)(F)F)nc(=S)c1Br. The molecule has 0 bridgehead atoms. The number of H-pyrrole nitrogens is 1. The van der Waals surface area contributed by atoms with Crippen molar-refractivity contribution in [1.82, 2.24) is 9.97 Å². The van der Waals surface area contributed by atoms with E-state index in [1.807, 2.05) is 6.92 Å². The first kappa shape index (κ1) is 15.6. The topological polar surface area (TPSA) is 37.9 Å². The third kappa shape index (κ3) is 5.03. The molecule has 0 saturated carbocycles. The molecule has 1 N–H and O–H groups in total. The standard InChI is InChI=1S/C10H12BrF3N2OS/c1-2-3-6-8(11)9(18)16-7(15-6)4-17-5-10(12,13)14/h2-5H2,1H3,(H,15,16,18). The van der Waals surface area contributed by atoms with E-state index < -0.39 is 12.8 Å². The Hall–Kier alpha value is -0.470. The number of nitrogens with zero attached hydrogens (tertiary/aromatic N) is 1. The Kier molecular flexibility index (Phi) is 5.74. The second kappa shape index (κ2) is 6.63. The zero-order chi connectivity index (χ0) is 13.8. The first-order valence-electron chi connectivity index (χ1n) is 5.25. The molecule has 1 rings (SSSR count). The van der Waals surface area contributed by atoms with E-state index in [4.69, 9.17) is 12.2 Å². The quantitative estimate of drug-likeness (QED) is 0.822. The number of ether oxygens (including phenoxy) is 1. The Bertz CT molecular complexity index is 461. The molecule has 0 saturated heterocycles. The fourth-order valence-corrected chi connectivity index (χ4v) is 1.93. The minimum atomic E-state index is -4.33. The van der Waals surface area contributed by atoms with E-state index in [-0.39, 0.29) is 6.61 Å². The molecule has 0 fully saturated rings. The van der Waals surface area contributed by atoms with Gasteiger partial charge in [-0.1, -0.05) is 25.6 Å². The van der Waals surface area contributed by atoms with Crippen LogP contribution in [0.5, 0.6) is 0 Å². The molecule has 0 aromatic carbocycles. The molecule has 1 heterocycles. The number of nitrogens with one attached hydrogen (secondary N) is 1. The highest BCUT2D eigenvalue weighted by atomic mass is 79.9. The molecule has 0 radical (unpaired) electrons. The summed E-state index contributed by atoms with van der Waals surface area (Å²) < 4.78 is 41.3. The fourth-order valence-electron chi connectivity index (χ4n) is 1.31. The van der Waals surface area contributed by atoms with Crippen LogP contribution in [0, 0.1) is 4.64 Å². The number of aromatic amines is 1. The normalized spacial score (nSPS) is 11.8. The van der Waals surface area contributed by atoms with Gasteiger partial charge in [0.05, 0.1) is 4.47 Å². The fraction of sp³-hybridized carbons (Fsp3) is 0.600. The first-order valence-corrected chi connectivity index (χ1v) is 6.45. The lowest BCUT2D eigenvalue weighted by Gasteiger charge is -2.09. The lowest BCUT2D eigenvalue weighted by atomic mass is 10.2. The van der Waals surface area contributed by atoms with E-state index in [0.717, 1.165) is 18.5 Å². The molecule has 0 aliphatic carbocycles. The van der Waals surface area contributed by atoms with Gasteiger partial charge in [-0.3, -0.25) is 0 Å². The van der Waals surface area contributed by atoms with Gasteiger partial charge in [0.15, 0.2) is 0 Å². The first-order chi connectivity index (χ1) is 8.33. The van der Waals surface area contributed by atoms with Crippen LogP contribution in [0.25, 0.3) is 0 Å². The summed E-state index contributed by atoms with van der Waals surface area (Å²) in [5.41, 5.74) is 0.822. The van der Waals surface area contributed by atoms with Crippen molar-refractivity contribution in [3.63, 3.8) is 0 Å². The van der Waals surface area contributed by atoms with Crippen LogP contribution in [0.15, 0.2) is 4.47 Å². The molecule has 0 amide bonds. The molecule has 0 aliphatic heterocycles. The average Bonchev–Trinajstić information content (AvgIpc) is 2.23. The highest BCUT2D eigenvalue weighted by Gasteiger charge is 2.27. The summed E-state index contributed by atoms with van der Waals surface area (Å²) in [6.07, 6.45) is -2.71. The molecule has 0 spiro atoms. The molecule has 0 aliphatic rings. The van der Waals surface area contributed by atoms with Crippen molar-refractivity contribution in [2.75, 3.05) is 6.61 Å². The number of rotatable bonds is 5. The van der Waals surface area contributed by atoms with Crippen molar-refractivity contribution >= 4 is 28.1 Å². The van der Waals surface area contributed by atoms with Gasteiger partial charge in [0.1, 0.15) is 23.7 Å². The molecule has 0 atom stereocenters. The van der Waals surface area contributed by atoms with Crippen LogP contribution in [-0.2, 0) is 17.8 Å². The number of aromatic nitrogens is 2. The van der Waals surface area contributed by atoms with Crippen molar-refractivity contribution in [3.8, 4) is 0 Å². The monoisotopic (exact) mass is 344 g/mol. The number of halogens is 4. The van der Waals surface area contributed by atoms with E-state index in [0.29, 0.717) is 14.9 Å². The number of aryl methyl sites for hydroxylation is 1. The van der Waals surface area contributed by atoms with Crippen LogP contribution < -0.4 is 0 Å². The van der Waals surface area contributed by atoms with Crippen LogP contribution in [0.1, 0.15) is 24.9 Å². The summed E-state index contributed by atoms with van der Waals surface area (Å²) >= 11 is 8.31. The molecule has 1 aromatic heterocycles. The second-order valence-corrected chi connectivity index (χ2v) is 4.82. The second-order valence-electron chi connectivity index (χ2n) is 3.64. The van der Waals surface area contributed by atoms with Gasteiger partial charge < -0.3 is 9.72 Å². The van der Waals surface area contributed by atoms with E-state index in [1.165, 1.54) is 0 Å². The van der Waals surface area contributed by atoms with Crippen LogP contribution in [-0.4, -0.2) is 22.8 Å². The van der Waals surface area contributed by atoms with Gasteiger partial charge in [-0.05, 0) is 22.4 Å². The van der Waals surface area contributed by atoms with Crippen molar-refractivity contribution in [2.24, 2.45) is 0 Å². The Balaban J connectivity index is 2.75. The molecule has 3 nitrogen and oxygen atoms in total. The zero-order valence-corrected chi connectivity index (χ0v) is 12.0. The van der Waals surface area contributed by atoms with Crippen LogP contribution >= 0.6 is 28.1 Å². The summed E-state index contributed by atoms with van der Waals surface area (Å²) in [6.45, 7) is 0.450. The van der Waals surface area contributed by atoms with Gasteiger partial charge in [0.25, 0.3) is 0 Å². The molecule has 18 heavy (non-hydrogen) atoms. The summed E-state index contributed by atoms with van der Waals surface area (Å²) in [7, 11) is 0. The van der Waals surface area contributed by atoms with Gasteiger partial charge in [-0.15, -0.1) is 0 Å². The third-order valence-electron chi connectivity index (χ3n) is 1.99. The Morgan fingerprint density at radius 3 is 2.67 bits per heavy atom. The summed E-state index contributed by atoms with van der Waals surface area (Å²) in [5, 5.41) is 0. The summed E-state index contributed by atoms with van der Waals surface area (Å²) in [6, 6.07) is 0. The maximum atomic E-state index is 11.9. The van der Waals surface area contributed by atoms with Gasteiger partial charge in [0, 0.05) is 5.69 Å². The zero-order valence-electron chi connectivity index (χ0n) is 9.60. The summed E-state index contributed by atoms with van der Waals surface area (Å²) in [4.78, 5) is 6.88.